The predicted molar refractivity (Wildman–Crippen MR) is 116 cm³/mol. The highest BCUT2D eigenvalue weighted by molar-refractivity contribution is 6.04. The highest BCUT2D eigenvalue weighted by Crippen LogP contribution is 2.18. The van der Waals surface area contributed by atoms with Crippen molar-refractivity contribution in [3.05, 3.63) is 100 Å². The van der Waals surface area contributed by atoms with Crippen LogP contribution < -0.4 is 15.4 Å². The number of nitro groups is 1. The molecule has 0 radical (unpaired) electrons. The lowest BCUT2D eigenvalue weighted by Crippen LogP contribution is -2.30. The number of nitrogens with zero attached hydrogens (tertiary/aromatic N) is 1. The van der Waals surface area contributed by atoms with Crippen molar-refractivity contribution in [3.63, 3.8) is 0 Å². The molecule has 0 aromatic heterocycles. The van der Waals surface area contributed by atoms with E-state index < -0.39 is 10.8 Å². The number of hydrogen-bond donors (Lipinski definition) is 2. The number of ether oxygens (including phenoxy) is 1. The summed E-state index contributed by atoms with van der Waals surface area (Å²) in [5, 5.41) is 16.3. The summed E-state index contributed by atoms with van der Waals surface area (Å²) in [5.41, 5.74) is 1.67. The van der Waals surface area contributed by atoms with E-state index in [0.29, 0.717) is 18.0 Å². The van der Waals surface area contributed by atoms with E-state index in [2.05, 4.69) is 10.6 Å². The molecule has 8 heteroatoms. The highest BCUT2D eigenvalue weighted by atomic mass is 16.6. The maximum absolute atomic E-state index is 12.3. The quantitative estimate of drug-likeness (QED) is 0.407. The van der Waals surface area contributed by atoms with Crippen molar-refractivity contribution < 1.29 is 19.2 Å². The van der Waals surface area contributed by atoms with Gasteiger partial charge in [-0.2, -0.15) is 0 Å². The number of nitro benzene ring substituents is 1. The molecule has 0 spiro atoms. The van der Waals surface area contributed by atoms with Crippen LogP contribution in [0.2, 0.25) is 0 Å². The van der Waals surface area contributed by atoms with Gasteiger partial charge in [-0.25, -0.2) is 0 Å². The summed E-state index contributed by atoms with van der Waals surface area (Å²) in [6.45, 7) is 0.406. The number of nitrogens with one attached hydrogen (secondary N) is 2. The highest BCUT2D eigenvalue weighted by Gasteiger charge is 2.12. The van der Waals surface area contributed by atoms with Crippen LogP contribution in [-0.2, 0) is 11.2 Å². The fourth-order valence-electron chi connectivity index (χ4n) is 2.79. The number of amides is 2. The maximum Gasteiger partial charge on any atom is 0.270 e. The summed E-state index contributed by atoms with van der Waals surface area (Å²) in [7, 11) is 0. The van der Waals surface area contributed by atoms with Gasteiger partial charge in [0.25, 0.3) is 17.5 Å². The minimum atomic E-state index is -0.555. The third-order valence-electron chi connectivity index (χ3n) is 4.38. The van der Waals surface area contributed by atoms with Gasteiger partial charge in [0.15, 0.2) is 6.61 Å². The van der Waals surface area contributed by atoms with Gasteiger partial charge >= 0.3 is 0 Å². The summed E-state index contributed by atoms with van der Waals surface area (Å²) in [6.07, 6.45) is 0.742. The van der Waals surface area contributed by atoms with Gasteiger partial charge in [0, 0.05) is 29.9 Å². The Morgan fingerprint density at radius 3 is 2.39 bits per heavy atom. The molecule has 3 aromatic rings. The van der Waals surface area contributed by atoms with Gasteiger partial charge in [-0.1, -0.05) is 36.4 Å². The Hall–Kier alpha value is -4.20. The van der Waals surface area contributed by atoms with E-state index in [-0.39, 0.29) is 23.8 Å². The fraction of sp³-hybridized carbons (Fsp3) is 0.130. The van der Waals surface area contributed by atoms with Crippen molar-refractivity contribution in [3.8, 4) is 5.75 Å². The topological polar surface area (TPSA) is 111 Å². The van der Waals surface area contributed by atoms with E-state index in [4.69, 9.17) is 4.74 Å². The van der Waals surface area contributed by atoms with Gasteiger partial charge < -0.3 is 15.4 Å². The summed E-state index contributed by atoms with van der Waals surface area (Å²) < 4.78 is 5.46. The van der Waals surface area contributed by atoms with Gasteiger partial charge in [-0.15, -0.1) is 0 Å². The van der Waals surface area contributed by atoms with Gasteiger partial charge in [0.1, 0.15) is 5.75 Å². The molecular formula is C23H21N3O5. The van der Waals surface area contributed by atoms with Crippen LogP contribution in [0.5, 0.6) is 5.75 Å². The third-order valence-corrected chi connectivity index (χ3v) is 4.38. The Labute approximate surface area is 179 Å². The molecule has 0 heterocycles. The second-order valence-electron chi connectivity index (χ2n) is 6.66. The van der Waals surface area contributed by atoms with E-state index in [0.717, 1.165) is 12.0 Å². The molecule has 0 fully saturated rings. The fourth-order valence-corrected chi connectivity index (χ4v) is 2.79. The van der Waals surface area contributed by atoms with Gasteiger partial charge in [0.05, 0.1) is 4.92 Å². The number of carbonyl (C=O) groups is 2. The van der Waals surface area contributed by atoms with Crippen LogP contribution in [0, 0.1) is 10.1 Å². The van der Waals surface area contributed by atoms with Crippen molar-refractivity contribution in [2.45, 2.75) is 6.42 Å². The molecule has 0 saturated heterocycles. The SMILES string of the molecule is O=C(COc1ccc(NC(=O)c2cccc([N+](=O)[O-])c2)cc1)NCCc1ccccc1. The van der Waals surface area contributed by atoms with Crippen LogP contribution in [0.1, 0.15) is 15.9 Å². The molecule has 3 rings (SSSR count). The molecule has 0 aliphatic heterocycles. The predicted octanol–water partition coefficient (Wildman–Crippen LogP) is 3.58. The van der Waals surface area contributed by atoms with Crippen LogP contribution in [0.25, 0.3) is 0 Å². The Morgan fingerprint density at radius 1 is 0.935 bits per heavy atom. The molecule has 8 nitrogen and oxygen atoms in total. The lowest BCUT2D eigenvalue weighted by molar-refractivity contribution is -0.384. The summed E-state index contributed by atoms with van der Waals surface area (Å²) in [5.74, 6) is -0.208. The molecule has 0 unspecified atom stereocenters. The average molecular weight is 419 g/mol. The minimum Gasteiger partial charge on any atom is -0.484 e. The van der Waals surface area contributed by atoms with Gasteiger partial charge in [-0.05, 0) is 42.3 Å². The molecule has 31 heavy (non-hydrogen) atoms. The number of carbonyl (C=O) groups excluding carboxylic acids is 2. The number of benzene rings is 3. The zero-order chi connectivity index (χ0) is 22.1. The second kappa shape index (κ2) is 10.5. The van der Waals surface area contributed by atoms with Crippen LogP contribution in [-0.4, -0.2) is 29.9 Å². The molecule has 0 aliphatic carbocycles. The number of hydrogen-bond acceptors (Lipinski definition) is 5. The molecule has 2 amide bonds. The maximum atomic E-state index is 12.3. The first kappa shape index (κ1) is 21.5. The van der Waals surface area contributed by atoms with Crippen LogP contribution in [0.4, 0.5) is 11.4 Å². The van der Waals surface area contributed by atoms with Crippen LogP contribution in [0.15, 0.2) is 78.9 Å². The first-order chi connectivity index (χ1) is 15.0. The normalized spacial score (nSPS) is 10.2. The molecule has 2 N–H and O–H groups in total. The molecule has 0 atom stereocenters. The number of anilines is 1. The number of rotatable bonds is 9. The zero-order valence-electron chi connectivity index (χ0n) is 16.6. The lowest BCUT2D eigenvalue weighted by Gasteiger charge is -2.09. The Bertz CT molecular complexity index is 1050. The van der Waals surface area contributed by atoms with Crippen molar-refractivity contribution in [1.29, 1.82) is 0 Å². The zero-order valence-corrected chi connectivity index (χ0v) is 16.6. The standard InChI is InChI=1S/C23H21N3O5/c27-22(24-14-13-17-5-2-1-3-6-17)16-31-21-11-9-19(10-12-21)25-23(28)18-7-4-8-20(15-18)26(29)30/h1-12,15H,13-14,16H2,(H,24,27)(H,25,28). The van der Waals surface area contributed by atoms with E-state index in [1.165, 1.54) is 24.3 Å². The van der Waals surface area contributed by atoms with Crippen LogP contribution in [0.3, 0.4) is 0 Å². The molecule has 158 valence electrons. The monoisotopic (exact) mass is 419 g/mol. The smallest absolute Gasteiger partial charge is 0.270 e. The summed E-state index contributed by atoms with van der Waals surface area (Å²) in [6, 6.07) is 21.8. The molecule has 0 bridgehead atoms. The molecule has 0 saturated carbocycles. The minimum absolute atomic E-state index is 0.117. The summed E-state index contributed by atoms with van der Waals surface area (Å²) >= 11 is 0. The van der Waals surface area contributed by atoms with Crippen molar-refractivity contribution in [2.75, 3.05) is 18.5 Å². The van der Waals surface area contributed by atoms with Gasteiger partial charge in [0.2, 0.25) is 0 Å². The van der Waals surface area contributed by atoms with E-state index >= 15 is 0 Å². The van der Waals surface area contributed by atoms with E-state index in [9.17, 15) is 19.7 Å². The Kier molecular flexibility index (Phi) is 7.31. The van der Waals surface area contributed by atoms with Gasteiger partial charge in [-0.3, -0.25) is 19.7 Å². The van der Waals surface area contributed by atoms with E-state index in [1.54, 1.807) is 24.3 Å². The van der Waals surface area contributed by atoms with Crippen molar-refractivity contribution in [1.82, 2.24) is 5.32 Å². The first-order valence-corrected chi connectivity index (χ1v) is 9.60. The molecule has 0 aliphatic rings. The van der Waals surface area contributed by atoms with Crippen LogP contribution >= 0.6 is 0 Å². The lowest BCUT2D eigenvalue weighted by atomic mass is 10.1. The number of non-ortho nitro benzene ring substituents is 1. The summed E-state index contributed by atoms with van der Waals surface area (Å²) in [4.78, 5) is 34.5. The van der Waals surface area contributed by atoms with Crippen molar-refractivity contribution in [2.24, 2.45) is 0 Å². The second-order valence-corrected chi connectivity index (χ2v) is 6.66. The van der Waals surface area contributed by atoms with E-state index in [1.807, 2.05) is 30.3 Å². The largest absolute Gasteiger partial charge is 0.484 e. The Morgan fingerprint density at radius 2 is 1.68 bits per heavy atom. The molecule has 3 aromatic carbocycles. The average Bonchev–Trinajstić information content (AvgIpc) is 2.79. The Balaban J connectivity index is 1.44. The van der Waals surface area contributed by atoms with Crippen molar-refractivity contribution >= 4 is 23.2 Å². The third kappa shape index (κ3) is 6.67. The first-order valence-electron chi connectivity index (χ1n) is 9.60. The molecular weight excluding hydrogens is 398 g/mol.